The summed E-state index contributed by atoms with van der Waals surface area (Å²) in [5.41, 5.74) is 1.28. The number of H-pyrrole nitrogens is 1. The predicted molar refractivity (Wildman–Crippen MR) is 144 cm³/mol. The molecule has 0 spiro atoms. The summed E-state index contributed by atoms with van der Waals surface area (Å²) in [7, 11) is 1.46. The molecular weight excluding hydrogens is 561 g/mol. The van der Waals surface area contributed by atoms with Gasteiger partial charge in [0, 0.05) is 54.6 Å². The Hall–Kier alpha value is -3.56. The molecule has 6 heterocycles. The molecule has 0 atom stereocenters. The van der Waals surface area contributed by atoms with Gasteiger partial charge in [0.15, 0.2) is 11.4 Å². The minimum atomic E-state index is -4.46. The molecule has 0 unspecified atom stereocenters. The largest absolute Gasteiger partial charge is 0.493 e. The molecule has 15 heteroatoms. The second-order valence-electron chi connectivity index (χ2n) is 10.2. The minimum absolute atomic E-state index is 0.00319. The van der Waals surface area contributed by atoms with Gasteiger partial charge < -0.3 is 14.4 Å². The number of morpholine rings is 1. The van der Waals surface area contributed by atoms with E-state index < -0.39 is 12.6 Å². The molecule has 41 heavy (non-hydrogen) atoms. The van der Waals surface area contributed by atoms with E-state index in [0.29, 0.717) is 54.8 Å². The van der Waals surface area contributed by atoms with Crippen LogP contribution in [0.1, 0.15) is 29.2 Å². The highest BCUT2D eigenvalue weighted by Crippen LogP contribution is 2.40. The number of carbonyl (C=O) groups excluding carboxylic acids is 1. The molecule has 6 rings (SSSR count). The first-order chi connectivity index (χ1) is 19.8. The van der Waals surface area contributed by atoms with Gasteiger partial charge in [-0.3, -0.25) is 14.8 Å². The van der Waals surface area contributed by atoms with Crippen LogP contribution in [0.2, 0.25) is 0 Å². The Morgan fingerprint density at radius 3 is 2.71 bits per heavy atom. The lowest BCUT2D eigenvalue weighted by atomic mass is 9.96. The van der Waals surface area contributed by atoms with E-state index in [1.165, 1.54) is 29.3 Å². The van der Waals surface area contributed by atoms with Crippen molar-refractivity contribution in [3.05, 3.63) is 35.2 Å². The van der Waals surface area contributed by atoms with Crippen molar-refractivity contribution in [2.45, 2.75) is 31.4 Å². The zero-order valence-electron chi connectivity index (χ0n) is 22.4. The number of amides is 1. The molecule has 0 bridgehead atoms. The highest BCUT2D eigenvalue weighted by atomic mass is 32.1. The zero-order valence-corrected chi connectivity index (χ0v) is 23.2. The van der Waals surface area contributed by atoms with E-state index in [-0.39, 0.29) is 28.8 Å². The maximum atomic E-state index is 13.8. The van der Waals surface area contributed by atoms with Crippen LogP contribution in [0.5, 0.6) is 5.75 Å². The van der Waals surface area contributed by atoms with Crippen LogP contribution < -0.4 is 4.74 Å². The predicted octanol–water partition coefficient (Wildman–Crippen LogP) is 3.39. The normalized spacial score (nSPS) is 17.4. The third-order valence-electron chi connectivity index (χ3n) is 7.53. The number of likely N-dealkylation sites (tertiary alicyclic amines) is 1. The Morgan fingerprint density at radius 2 is 1.98 bits per heavy atom. The molecule has 11 nitrogen and oxygen atoms in total. The lowest BCUT2D eigenvalue weighted by Gasteiger charge is -2.34. The van der Waals surface area contributed by atoms with E-state index in [2.05, 4.69) is 30.2 Å². The number of rotatable bonds is 7. The molecule has 2 aliphatic rings. The summed E-state index contributed by atoms with van der Waals surface area (Å²) in [6.45, 7) is 4.50. The van der Waals surface area contributed by atoms with Crippen molar-refractivity contribution in [1.82, 2.24) is 39.6 Å². The Bertz CT molecular complexity index is 1520. The quantitative estimate of drug-likeness (QED) is 0.349. The number of thiazole rings is 1. The average Bonchev–Trinajstić information content (AvgIpc) is 3.72. The molecule has 0 radical (unpaired) electrons. The Morgan fingerprint density at radius 1 is 1.20 bits per heavy atom. The standard InChI is InChI=1S/C26H29F3N8O3S/c1-39-19-10-17(13-37-24(19)31-15-32-37)22-18(11-26(27,28)29)23(34-33-22)25-30-12-20(41-25)16-2-4-36(5-3-16)21(38)14-35-6-8-40-9-7-35/h10,12-13,15-16H,2-9,11,14H2,1H3,(H,33,34). The van der Waals surface area contributed by atoms with Crippen LogP contribution >= 0.6 is 11.3 Å². The average molecular weight is 591 g/mol. The van der Waals surface area contributed by atoms with Crippen molar-refractivity contribution in [2.24, 2.45) is 0 Å². The fraction of sp³-hybridized carbons (Fsp3) is 0.500. The summed E-state index contributed by atoms with van der Waals surface area (Å²) in [6.07, 6.45) is 0.568. The van der Waals surface area contributed by atoms with Crippen LogP contribution in [0.15, 0.2) is 24.8 Å². The number of methoxy groups -OCH3 is 1. The van der Waals surface area contributed by atoms with Crippen LogP contribution in [0.4, 0.5) is 13.2 Å². The lowest BCUT2D eigenvalue weighted by molar-refractivity contribution is -0.134. The second kappa shape index (κ2) is 11.4. The maximum Gasteiger partial charge on any atom is 0.393 e. The van der Waals surface area contributed by atoms with Crippen LogP contribution in [-0.4, -0.2) is 105 Å². The molecule has 1 amide bonds. The van der Waals surface area contributed by atoms with Crippen LogP contribution in [0, 0.1) is 0 Å². The first kappa shape index (κ1) is 27.6. The number of piperidine rings is 1. The number of nitrogens with zero attached hydrogens (tertiary/aromatic N) is 7. The fourth-order valence-electron chi connectivity index (χ4n) is 5.38. The van der Waals surface area contributed by atoms with Crippen molar-refractivity contribution in [3.8, 4) is 27.7 Å². The van der Waals surface area contributed by atoms with Gasteiger partial charge in [0.25, 0.3) is 0 Å². The number of nitrogens with one attached hydrogen (secondary N) is 1. The zero-order chi connectivity index (χ0) is 28.6. The van der Waals surface area contributed by atoms with Gasteiger partial charge >= 0.3 is 6.18 Å². The number of hydrogen-bond donors (Lipinski definition) is 1. The maximum absolute atomic E-state index is 13.8. The summed E-state index contributed by atoms with van der Waals surface area (Å²) in [6, 6.07) is 1.61. The minimum Gasteiger partial charge on any atom is -0.493 e. The Labute approximate surface area is 237 Å². The smallest absolute Gasteiger partial charge is 0.393 e. The van der Waals surface area contributed by atoms with Crippen LogP contribution in [0.3, 0.4) is 0 Å². The van der Waals surface area contributed by atoms with E-state index in [4.69, 9.17) is 9.47 Å². The molecule has 2 aliphatic heterocycles. The van der Waals surface area contributed by atoms with E-state index in [1.54, 1.807) is 18.5 Å². The number of alkyl halides is 3. The first-order valence-electron chi connectivity index (χ1n) is 13.3. The van der Waals surface area contributed by atoms with Gasteiger partial charge in [0.05, 0.1) is 39.0 Å². The number of pyridine rings is 1. The Kier molecular flexibility index (Phi) is 7.66. The van der Waals surface area contributed by atoms with Crippen LogP contribution in [-0.2, 0) is 16.0 Å². The van der Waals surface area contributed by atoms with Gasteiger partial charge in [-0.15, -0.1) is 11.3 Å². The number of ether oxygens (including phenoxy) is 2. The highest BCUT2D eigenvalue weighted by molar-refractivity contribution is 7.15. The number of aromatic amines is 1. The third-order valence-corrected chi connectivity index (χ3v) is 8.70. The summed E-state index contributed by atoms with van der Waals surface area (Å²) < 4.78 is 53.5. The number of aromatic nitrogens is 6. The SMILES string of the molecule is COc1cc(-c2[nH]nc(-c3ncc(C4CCN(C(=O)CN5CCOCC5)CC4)s3)c2CC(F)(F)F)cn2ncnc12. The highest BCUT2D eigenvalue weighted by Gasteiger charge is 2.34. The van der Waals surface area contributed by atoms with Gasteiger partial charge in [-0.2, -0.15) is 23.4 Å². The van der Waals surface area contributed by atoms with Crippen molar-refractivity contribution in [2.75, 3.05) is 53.0 Å². The topological polar surface area (TPSA) is 114 Å². The van der Waals surface area contributed by atoms with E-state index in [0.717, 1.165) is 30.8 Å². The second-order valence-corrected chi connectivity index (χ2v) is 11.2. The van der Waals surface area contributed by atoms with Crippen LogP contribution in [0.25, 0.3) is 27.6 Å². The van der Waals surface area contributed by atoms with E-state index in [1.807, 2.05) is 4.90 Å². The molecule has 0 saturated carbocycles. The van der Waals surface area contributed by atoms with Gasteiger partial charge in [0.2, 0.25) is 5.91 Å². The van der Waals surface area contributed by atoms with Crippen molar-refractivity contribution >= 4 is 22.9 Å². The van der Waals surface area contributed by atoms with Gasteiger partial charge in [-0.1, -0.05) is 0 Å². The molecule has 4 aromatic heterocycles. The molecule has 4 aromatic rings. The summed E-state index contributed by atoms with van der Waals surface area (Å²) >= 11 is 1.35. The van der Waals surface area contributed by atoms with Crippen molar-refractivity contribution < 1.29 is 27.4 Å². The molecule has 218 valence electrons. The van der Waals surface area contributed by atoms with Crippen molar-refractivity contribution in [3.63, 3.8) is 0 Å². The third kappa shape index (κ3) is 5.92. The monoisotopic (exact) mass is 590 g/mol. The van der Waals surface area contributed by atoms with Gasteiger partial charge in [-0.05, 0) is 24.8 Å². The van der Waals surface area contributed by atoms with E-state index in [9.17, 15) is 18.0 Å². The summed E-state index contributed by atoms with van der Waals surface area (Å²) in [5.74, 6) is 0.675. The van der Waals surface area contributed by atoms with Crippen molar-refractivity contribution in [1.29, 1.82) is 0 Å². The number of halogens is 3. The number of fused-ring (bicyclic) bond motifs is 1. The van der Waals surface area contributed by atoms with Gasteiger partial charge in [0.1, 0.15) is 17.0 Å². The fourth-order valence-corrected chi connectivity index (χ4v) is 6.49. The molecule has 0 aromatic carbocycles. The molecule has 0 aliphatic carbocycles. The molecule has 2 fully saturated rings. The van der Waals surface area contributed by atoms with E-state index >= 15 is 0 Å². The number of carbonyl (C=O) groups is 1. The summed E-state index contributed by atoms with van der Waals surface area (Å²) in [5, 5.41) is 11.6. The molecule has 2 saturated heterocycles. The number of hydrogen-bond acceptors (Lipinski definition) is 9. The van der Waals surface area contributed by atoms with Gasteiger partial charge in [-0.25, -0.2) is 14.5 Å². The lowest BCUT2D eigenvalue weighted by Crippen LogP contribution is -2.46. The Balaban J connectivity index is 1.21. The first-order valence-corrected chi connectivity index (χ1v) is 14.2. The molecule has 1 N–H and O–H groups in total. The summed E-state index contributed by atoms with van der Waals surface area (Å²) in [4.78, 5) is 26.4. The molecular formula is C26H29F3N8O3S.